The fourth-order valence-corrected chi connectivity index (χ4v) is 1.06. The molecule has 0 amide bonds. The second kappa shape index (κ2) is 4.42. The average Bonchev–Trinajstić information content (AvgIpc) is 1.99. The van der Waals surface area contributed by atoms with Crippen LogP contribution in [0.25, 0.3) is 0 Å². The van der Waals surface area contributed by atoms with Gasteiger partial charge in [0, 0.05) is 12.6 Å². The van der Waals surface area contributed by atoms with Crippen LogP contribution < -0.4 is 5.32 Å². The van der Waals surface area contributed by atoms with E-state index >= 15 is 0 Å². The summed E-state index contributed by atoms with van der Waals surface area (Å²) in [6.07, 6.45) is 0. The van der Waals surface area contributed by atoms with E-state index in [2.05, 4.69) is 15.3 Å². The van der Waals surface area contributed by atoms with Crippen molar-refractivity contribution in [3.63, 3.8) is 0 Å². The summed E-state index contributed by atoms with van der Waals surface area (Å²) in [5.74, 6) is 0.428. The van der Waals surface area contributed by atoms with Crippen LogP contribution in [0.4, 0.5) is 10.2 Å². The molecule has 0 bridgehead atoms. The number of nitrogens with one attached hydrogen (secondary N) is 1. The lowest BCUT2D eigenvalue weighted by molar-refractivity contribution is 0.512. The predicted molar refractivity (Wildman–Crippen MR) is 46.5 cm³/mol. The van der Waals surface area contributed by atoms with Crippen LogP contribution in [-0.4, -0.2) is 23.2 Å². The summed E-state index contributed by atoms with van der Waals surface area (Å²) in [6.45, 7) is -0.289. The highest BCUT2D eigenvalue weighted by molar-refractivity contribution is 6.32. The first-order valence-corrected chi connectivity index (χ1v) is 3.98. The van der Waals surface area contributed by atoms with Crippen LogP contribution in [-0.2, 0) is 0 Å². The Kier molecular flexibility index (Phi) is 3.49. The SMILES string of the molecule is FCCNc1cc(Cl)nc(Cl)n1. The summed E-state index contributed by atoms with van der Waals surface area (Å²) in [7, 11) is 0. The molecule has 0 fully saturated rings. The molecule has 0 radical (unpaired) electrons. The summed E-state index contributed by atoms with van der Waals surface area (Å²) in [4.78, 5) is 7.39. The van der Waals surface area contributed by atoms with Crippen molar-refractivity contribution < 1.29 is 4.39 Å². The quantitative estimate of drug-likeness (QED) is 0.613. The van der Waals surface area contributed by atoms with Gasteiger partial charge in [0.1, 0.15) is 17.6 Å². The highest BCUT2D eigenvalue weighted by Crippen LogP contribution is 2.13. The Bertz CT molecular complexity index is 249. The van der Waals surface area contributed by atoms with Gasteiger partial charge in [-0.25, -0.2) is 14.4 Å². The summed E-state index contributed by atoms with van der Waals surface area (Å²) in [5, 5.41) is 2.96. The van der Waals surface area contributed by atoms with Gasteiger partial charge >= 0.3 is 0 Å². The minimum atomic E-state index is -0.473. The molecular weight excluding hydrogens is 204 g/mol. The van der Waals surface area contributed by atoms with Crippen molar-refractivity contribution in [1.29, 1.82) is 0 Å². The van der Waals surface area contributed by atoms with Gasteiger partial charge in [-0.3, -0.25) is 0 Å². The number of halogens is 3. The number of rotatable bonds is 3. The van der Waals surface area contributed by atoms with Crippen molar-refractivity contribution in [2.24, 2.45) is 0 Å². The molecule has 0 aromatic carbocycles. The Morgan fingerprint density at radius 3 is 2.75 bits per heavy atom. The number of alkyl halides is 1. The smallest absolute Gasteiger partial charge is 0.225 e. The molecule has 1 aromatic rings. The van der Waals surface area contributed by atoms with Gasteiger partial charge in [0.15, 0.2) is 0 Å². The third kappa shape index (κ3) is 2.79. The minimum absolute atomic E-state index is 0.0452. The van der Waals surface area contributed by atoms with Crippen molar-refractivity contribution >= 4 is 29.0 Å². The van der Waals surface area contributed by atoms with Crippen molar-refractivity contribution in [2.45, 2.75) is 0 Å². The molecule has 1 rings (SSSR count). The largest absolute Gasteiger partial charge is 0.367 e. The Morgan fingerprint density at radius 2 is 2.17 bits per heavy atom. The van der Waals surface area contributed by atoms with E-state index in [1.165, 1.54) is 6.07 Å². The molecule has 6 heteroatoms. The monoisotopic (exact) mass is 209 g/mol. The van der Waals surface area contributed by atoms with Gasteiger partial charge in [-0.1, -0.05) is 11.6 Å². The Balaban J connectivity index is 2.72. The topological polar surface area (TPSA) is 37.8 Å². The molecule has 0 aliphatic carbocycles. The normalized spacial score (nSPS) is 9.92. The molecule has 0 saturated heterocycles. The third-order valence-corrected chi connectivity index (χ3v) is 1.43. The van der Waals surface area contributed by atoms with E-state index in [0.717, 1.165) is 0 Å². The van der Waals surface area contributed by atoms with Crippen molar-refractivity contribution in [3.8, 4) is 0 Å². The molecule has 0 atom stereocenters. The lowest BCUT2D eigenvalue weighted by Crippen LogP contribution is -2.05. The number of anilines is 1. The first-order chi connectivity index (χ1) is 5.72. The molecule has 0 aliphatic heterocycles. The molecule has 1 N–H and O–H groups in total. The maximum absolute atomic E-state index is 11.7. The molecule has 0 unspecified atom stereocenters. The van der Waals surface area contributed by atoms with Gasteiger partial charge < -0.3 is 5.32 Å². The molecule has 0 aliphatic rings. The lowest BCUT2D eigenvalue weighted by atomic mass is 10.5. The maximum atomic E-state index is 11.7. The molecular formula is C6H6Cl2FN3. The summed E-state index contributed by atoms with van der Waals surface area (Å²) >= 11 is 11.0. The molecule has 1 aromatic heterocycles. The highest BCUT2D eigenvalue weighted by Gasteiger charge is 1.99. The minimum Gasteiger partial charge on any atom is -0.367 e. The first kappa shape index (κ1) is 9.48. The standard InChI is InChI=1S/C6H6Cl2FN3/c7-4-3-5(10-2-1-9)12-6(8)11-4/h3H,1-2H2,(H,10,11,12). The van der Waals surface area contributed by atoms with E-state index in [9.17, 15) is 4.39 Å². The van der Waals surface area contributed by atoms with Gasteiger partial charge in [0.05, 0.1) is 0 Å². The summed E-state index contributed by atoms with van der Waals surface area (Å²) in [5.41, 5.74) is 0. The predicted octanol–water partition coefficient (Wildman–Crippen LogP) is 2.16. The van der Waals surface area contributed by atoms with Crippen LogP contribution in [0.2, 0.25) is 10.4 Å². The molecule has 3 nitrogen and oxygen atoms in total. The second-order valence-corrected chi connectivity index (χ2v) is 2.69. The van der Waals surface area contributed by atoms with E-state index in [-0.39, 0.29) is 17.0 Å². The van der Waals surface area contributed by atoms with Gasteiger partial charge in [-0.05, 0) is 11.6 Å². The molecule has 66 valence electrons. The Morgan fingerprint density at radius 1 is 1.42 bits per heavy atom. The van der Waals surface area contributed by atoms with Crippen molar-refractivity contribution in [3.05, 3.63) is 16.5 Å². The molecule has 12 heavy (non-hydrogen) atoms. The van der Waals surface area contributed by atoms with Gasteiger partial charge in [-0.2, -0.15) is 0 Å². The first-order valence-electron chi connectivity index (χ1n) is 3.22. The number of aromatic nitrogens is 2. The van der Waals surface area contributed by atoms with Crippen LogP contribution in [0, 0.1) is 0 Å². The second-order valence-electron chi connectivity index (χ2n) is 1.96. The van der Waals surface area contributed by atoms with E-state index in [1.54, 1.807) is 0 Å². The molecule has 0 saturated carbocycles. The Hall–Kier alpha value is -0.610. The van der Waals surface area contributed by atoms with Gasteiger partial charge in [0.25, 0.3) is 0 Å². The highest BCUT2D eigenvalue weighted by atomic mass is 35.5. The number of nitrogens with zero attached hydrogens (tertiary/aromatic N) is 2. The van der Waals surface area contributed by atoms with Crippen LogP contribution in [0.3, 0.4) is 0 Å². The zero-order chi connectivity index (χ0) is 8.97. The maximum Gasteiger partial charge on any atom is 0.225 e. The third-order valence-electron chi connectivity index (χ3n) is 1.07. The van der Waals surface area contributed by atoms with Crippen LogP contribution >= 0.6 is 23.2 Å². The van der Waals surface area contributed by atoms with E-state index in [4.69, 9.17) is 23.2 Å². The molecule has 1 heterocycles. The van der Waals surface area contributed by atoms with Crippen molar-refractivity contribution in [2.75, 3.05) is 18.5 Å². The zero-order valence-electron chi connectivity index (χ0n) is 6.02. The lowest BCUT2D eigenvalue weighted by Gasteiger charge is -2.02. The van der Waals surface area contributed by atoms with Gasteiger partial charge in [0.2, 0.25) is 5.28 Å². The summed E-state index contributed by atoms with van der Waals surface area (Å²) in [6, 6.07) is 1.48. The number of hydrogen-bond donors (Lipinski definition) is 1. The Labute approximate surface area is 78.9 Å². The van der Waals surface area contributed by atoms with E-state index < -0.39 is 6.67 Å². The van der Waals surface area contributed by atoms with Crippen LogP contribution in [0.15, 0.2) is 6.07 Å². The van der Waals surface area contributed by atoms with Crippen LogP contribution in [0.5, 0.6) is 0 Å². The number of hydrogen-bond acceptors (Lipinski definition) is 3. The average molecular weight is 210 g/mol. The van der Waals surface area contributed by atoms with E-state index in [0.29, 0.717) is 5.82 Å². The van der Waals surface area contributed by atoms with Crippen molar-refractivity contribution in [1.82, 2.24) is 9.97 Å². The fraction of sp³-hybridized carbons (Fsp3) is 0.333. The molecule has 0 spiro atoms. The fourth-order valence-electron chi connectivity index (χ4n) is 0.656. The van der Waals surface area contributed by atoms with Gasteiger partial charge in [-0.15, -0.1) is 0 Å². The van der Waals surface area contributed by atoms with Crippen LogP contribution in [0.1, 0.15) is 0 Å². The zero-order valence-corrected chi connectivity index (χ0v) is 7.53. The summed E-state index contributed by atoms with van der Waals surface area (Å²) < 4.78 is 11.7. The van der Waals surface area contributed by atoms with E-state index in [1.807, 2.05) is 0 Å².